The van der Waals surface area contributed by atoms with Crippen molar-refractivity contribution in [3.63, 3.8) is 0 Å². The summed E-state index contributed by atoms with van der Waals surface area (Å²) in [6.07, 6.45) is 0.691. The van der Waals surface area contributed by atoms with Crippen LogP contribution in [0.4, 0.5) is 4.39 Å². The van der Waals surface area contributed by atoms with E-state index in [1.165, 1.54) is 18.2 Å². The molecule has 2 aliphatic rings. The van der Waals surface area contributed by atoms with Crippen LogP contribution in [0, 0.1) is 11.7 Å². The number of benzene rings is 2. The first-order chi connectivity index (χ1) is 16.3. The van der Waals surface area contributed by atoms with Crippen molar-refractivity contribution in [1.82, 2.24) is 14.7 Å². The average molecular weight is 553 g/mol. The highest BCUT2D eigenvalue weighted by Gasteiger charge is 2.36. The fourth-order valence-corrected chi connectivity index (χ4v) is 5.04. The standard InChI is InChI=1S/C25H28BrClFN3O3/c1-29-9-11-30(12-10-29)24(32)14-18-16-31(25(33)17-5-6-22(28)21(27)13-17)8-7-23(18)34-20-4-2-3-19(26)15-20/h2-6,13,15,18,23H,7-12,14,16H2,1H3/t18-,23-/m0/s1. The van der Waals surface area contributed by atoms with Gasteiger partial charge in [-0.2, -0.15) is 0 Å². The predicted molar refractivity (Wildman–Crippen MR) is 133 cm³/mol. The number of ether oxygens (including phenoxy) is 1. The summed E-state index contributed by atoms with van der Waals surface area (Å²) >= 11 is 9.36. The molecule has 0 spiro atoms. The molecule has 0 N–H and O–H groups in total. The summed E-state index contributed by atoms with van der Waals surface area (Å²) in [5, 5.41) is -0.0829. The molecule has 0 bridgehead atoms. The Morgan fingerprint density at radius 1 is 1.09 bits per heavy atom. The number of piperidine rings is 1. The normalized spacial score (nSPS) is 21.4. The molecule has 2 fully saturated rings. The van der Waals surface area contributed by atoms with Crippen molar-refractivity contribution >= 4 is 39.3 Å². The molecule has 0 radical (unpaired) electrons. The van der Waals surface area contributed by atoms with Gasteiger partial charge in [-0.3, -0.25) is 9.59 Å². The minimum absolute atomic E-state index is 0.0829. The van der Waals surface area contributed by atoms with E-state index in [9.17, 15) is 14.0 Å². The number of hydrogen-bond acceptors (Lipinski definition) is 4. The van der Waals surface area contributed by atoms with Crippen molar-refractivity contribution in [3.05, 3.63) is 63.3 Å². The van der Waals surface area contributed by atoms with Crippen LogP contribution in [0.1, 0.15) is 23.2 Å². The van der Waals surface area contributed by atoms with E-state index in [1.807, 2.05) is 29.2 Å². The molecule has 6 nitrogen and oxygen atoms in total. The monoisotopic (exact) mass is 551 g/mol. The molecule has 2 atom stereocenters. The summed E-state index contributed by atoms with van der Waals surface area (Å²) in [6, 6.07) is 11.6. The molecule has 2 saturated heterocycles. The Hall–Kier alpha value is -2.16. The van der Waals surface area contributed by atoms with Gasteiger partial charge in [0.25, 0.3) is 5.91 Å². The second kappa shape index (κ2) is 11.1. The lowest BCUT2D eigenvalue weighted by Crippen LogP contribution is -2.51. The predicted octanol–water partition coefficient (Wildman–Crippen LogP) is 4.32. The Morgan fingerprint density at radius 2 is 1.85 bits per heavy atom. The number of amides is 2. The minimum atomic E-state index is -0.560. The number of piperazine rings is 1. The van der Waals surface area contributed by atoms with Crippen molar-refractivity contribution in [1.29, 1.82) is 0 Å². The Bertz CT molecular complexity index is 1050. The number of hydrogen-bond donors (Lipinski definition) is 0. The van der Waals surface area contributed by atoms with Gasteiger partial charge >= 0.3 is 0 Å². The molecule has 34 heavy (non-hydrogen) atoms. The van der Waals surface area contributed by atoms with E-state index >= 15 is 0 Å². The zero-order valence-corrected chi connectivity index (χ0v) is 21.4. The fourth-order valence-electron chi connectivity index (χ4n) is 4.48. The Kier molecular flexibility index (Phi) is 8.11. The Balaban J connectivity index is 1.50. The molecule has 2 aromatic carbocycles. The smallest absolute Gasteiger partial charge is 0.253 e. The van der Waals surface area contributed by atoms with Crippen LogP contribution in [-0.2, 0) is 4.79 Å². The van der Waals surface area contributed by atoms with Crippen LogP contribution >= 0.6 is 27.5 Å². The van der Waals surface area contributed by atoms with Crippen molar-refractivity contribution in [2.75, 3.05) is 46.3 Å². The van der Waals surface area contributed by atoms with E-state index in [-0.39, 0.29) is 28.9 Å². The Morgan fingerprint density at radius 3 is 2.56 bits per heavy atom. The van der Waals surface area contributed by atoms with Gasteiger partial charge in [-0.05, 0) is 43.4 Å². The summed E-state index contributed by atoms with van der Waals surface area (Å²) in [5.74, 6) is -0.142. The number of rotatable bonds is 5. The minimum Gasteiger partial charge on any atom is -0.490 e. The third-order valence-electron chi connectivity index (χ3n) is 6.49. The highest BCUT2D eigenvalue weighted by molar-refractivity contribution is 9.10. The average Bonchev–Trinajstić information content (AvgIpc) is 2.82. The summed E-state index contributed by atoms with van der Waals surface area (Å²) < 4.78 is 20.8. The van der Waals surface area contributed by atoms with Crippen molar-refractivity contribution < 1.29 is 18.7 Å². The van der Waals surface area contributed by atoms with Crippen LogP contribution in [0.2, 0.25) is 5.02 Å². The van der Waals surface area contributed by atoms with Crippen LogP contribution in [0.25, 0.3) is 0 Å². The van der Waals surface area contributed by atoms with Crippen LogP contribution in [-0.4, -0.2) is 78.9 Å². The van der Waals surface area contributed by atoms with Crippen molar-refractivity contribution in [3.8, 4) is 5.75 Å². The van der Waals surface area contributed by atoms with Gasteiger partial charge in [0.1, 0.15) is 17.7 Å². The van der Waals surface area contributed by atoms with Crippen LogP contribution in [0.15, 0.2) is 46.9 Å². The molecule has 2 aliphatic heterocycles. The topological polar surface area (TPSA) is 53.1 Å². The molecule has 0 saturated carbocycles. The van der Waals surface area contributed by atoms with E-state index in [2.05, 4.69) is 27.9 Å². The number of likely N-dealkylation sites (tertiary alicyclic amines) is 1. The van der Waals surface area contributed by atoms with Gasteiger partial charge < -0.3 is 19.4 Å². The zero-order valence-electron chi connectivity index (χ0n) is 19.1. The van der Waals surface area contributed by atoms with E-state index < -0.39 is 5.82 Å². The van der Waals surface area contributed by atoms with Crippen molar-refractivity contribution in [2.45, 2.75) is 18.9 Å². The number of likely N-dealkylation sites (N-methyl/N-ethyl adjacent to an activating group) is 1. The molecule has 0 aromatic heterocycles. The summed E-state index contributed by atoms with van der Waals surface area (Å²) in [4.78, 5) is 32.1. The molecule has 9 heteroatoms. The van der Waals surface area contributed by atoms with Gasteiger partial charge in [0.2, 0.25) is 5.91 Å². The van der Waals surface area contributed by atoms with Gasteiger partial charge in [0.05, 0.1) is 5.02 Å². The lowest BCUT2D eigenvalue weighted by atomic mass is 9.90. The zero-order chi connectivity index (χ0) is 24.2. The molecular weight excluding hydrogens is 525 g/mol. The second-order valence-electron chi connectivity index (χ2n) is 8.93. The van der Waals surface area contributed by atoms with Gasteiger partial charge in [-0.25, -0.2) is 4.39 Å². The van der Waals surface area contributed by atoms with Crippen LogP contribution in [0.3, 0.4) is 0 Å². The van der Waals surface area contributed by atoms with Gasteiger partial charge in [-0.1, -0.05) is 33.6 Å². The first-order valence-electron chi connectivity index (χ1n) is 11.4. The van der Waals surface area contributed by atoms with Crippen LogP contribution in [0.5, 0.6) is 5.75 Å². The van der Waals surface area contributed by atoms with E-state index in [4.69, 9.17) is 16.3 Å². The quantitative estimate of drug-likeness (QED) is 0.555. The van der Waals surface area contributed by atoms with Crippen LogP contribution < -0.4 is 4.74 Å². The first-order valence-corrected chi connectivity index (χ1v) is 12.6. The van der Waals surface area contributed by atoms with Gasteiger partial charge in [0, 0.05) is 68.1 Å². The number of halogens is 3. The molecular formula is C25H28BrClFN3O3. The molecule has 182 valence electrons. The van der Waals surface area contributed by atoms with E-state index in [1.54, 1.807) is 4.90 Å². The van der Waals surface area contributed by atoms with E-state index in [0.717, 1.165) is 23.3 Å². The maximum Gasteiger partial charge on any atom is 0.253 e. The highest BCUT2D eigenvalue weighted by atomic mass is 79.9. The maximum atomic E-state index is 13.6. The maximum absolute atomic E-state index is 13.6. The Labute approximate surface area is 212 Å². The number of carbonyl (C=O) groups excluding carboxylic acids is 2. The van der Waals surface area contributed by atoms with E-state index in [0.29, 0.717) is 44.6 Å². The van der Waals surface area contributed by atoms with Gasteiger partial charge in [0.15, 0.2) is 0 Å². The molecule has 2 aromatic rings. The highest BCUT2D eigenvalue weighted by Crippen LogP contribution is 2.29. The fraction of sp³-hybridized carbons (Fsp3) is 0.440. The summed E-state index contributed by atoms with van der Waals surface area (Å²) in [5.41, 5.74) is 0.335. The van der Waals surface area contributed by atoms with Gasteiger partial charge in [-0.15, -0.1) is 0 Å². The largest absolute Gasteiger partial charge is 0.490 e. The third-order valence-corrected chi connectivity index (χ3v) is 7.28. The summed E-state index contributed by atoms with van der Waals surface area (Å²) in [6.45, 7) is 3.97. The SMILES string of the molecule is CN1CCN(C(=O)C[C@H]2CN(C(=O)c3ccc(F)c(Cl)c3)CC[C@@H]2Oc2cccc(Br)c2)CC1. The molecule has 4 rings (SSSR count). The molecule has 0 aliphatic carbocycles. The third kappa shape index (κ3) is 6.09. The first kappa shape index (κ1) is 24.9. The van der Waals surface area contributed by atoms with Crippen molar-refractivity contribution in [2.24, 2.45) is 5.92 Å². The number of carbonyl (C=O) groups is 2. The molecule has 2 heterocycles. The lowest BCUT2D eigenvalue weighted by Gasteiger charge is -2.40. The lowest BCUT2D eigenvalue weighted by molar-refractivity contribution is -0.135. The number of nitrogens with zero attached hydrogens (tertiary/aromatic N) is 3. The summed E-state index contributed by atoms with van der Waals surface area (Å²) in [7, 11) is 2.05. The second-order valence-corrected chi connectivity index (χ2v) is 10.3. The molecule has 0 unspecified atom stereocenters. The molecule has 2 amide bonds.